The van der Waals surface area contributed by atoms with Gasteiger partial charge in [0.15, 0.2) is 0 Å². The molecule has 1 atom stereocenters. The van der Waals surface area contributed by atoms with Crippen LogP contribution in [0.1, 0.15) is 45.6 Å². The van der Waals surface area contributed by atoms with Gasteiger partial charge in [-0.1, -0.05) is 32.9 Å². The third-order valence-corrected chi connectivity index (χ3v) is 4.62. The van der Waals surface area contributed by atoms with Crippen molar-refractivity contribution in [1.82, 2.24) is 4.90 Å². The summed E-state index contributed by atoms with van der Waals surface area (Å²) in [6.07, 6.45) is -2.69. The predicted molar refractivity (Wildman–Crippen MR) is 85.6 cm³/mol. The number of carbonyl (C=O) groups is 1. The highest BCUT2D eigenvalue weighted by molar-refractivity contribution is 5.91. The van der Waals surface area contributed by atoms with Crippen LogP contribution in [0, 0.1) is 0 Å². The zero-order chi connectivity index (χ0) is 18.0. The normalized spacial score (nSPS) is 20.2. The van der Waals surface area contributed by atoms with Gasteiger partial charge in [-0.25, -0.2) is 4.79 Å². The van der Waals surface area contributed by atoms with E-state index in [0.29, 0.717) is 25.9 Å². The second-order valence-corrected chi connectivity index (χ2v) is 5.87. The van der Waals surface area contributed by atoms with E-state index < -0.39 is 23.5 Å². The maximum Gasteiger partial charge on any atom is 0.418 e. The lowest BCUT2D eigenvalue weighted by molar-refractivity contribution is -0.136. The molecule has 7 heteroatoms. The van der Waals surface area contributed by atoms with E-state index in [-0.39, 0.29) is 11.7 Å². The average molecular weight is 344 g/mol. The van der Waals surface area contributed by atoms with Crippen LogP contribution in [-0.4, -0.2) is 29.3 Å². The lowest BCUT2D eigenvalue weighted by Gasteiger charge is -2.38. The molecule has 1 fully saturated rings. The number of para-hydroxylation sites is 1. The Bertz CT molecular complexity index is 585. The van der Waals surface area contributed by atoms with Gasteiger partial charge in [0.25, 0.3) is 0 Å². The third kappa shape index (κ3) is 3.36. The van der Waals surface area contributed by atoms with Gasteiger partial charge < -0.3 is 10.1 Å². The molecule has 1 aromatic carbocycles. The number of benzene rings is 1. The molecule has 4 nitrogen and oxygen atoms in total. The molecule has 1 N–H and O–H groups in total. The van der Waals surface area contributed by atoms with E-state index in [9.17, 15) is 18.0 Å². The molecule has 134 valence electrons. The summed E-state index contributed by atoms with van der Waals surface area (Å²) >= 11 is 0. The van der Waals surface area contributed by atoms with E-state index in [1.807, 2.05) is 20.8 Å². The average Bonchev–Trinajstić information content (AvgIpc) is 2.93. The predicted octanol–water partition coefficient (Wildman–Crippen LogP) is 4.86. The van der Waals surface area contributed by atoms with Gasteiger partial charge >= 0.3 is 12.2 Å². The number of carbonyl (C=O) groups excluding carboxylic acids is 1. The Kier molecular flexibility index (Phi) is 5.42. The Balaban J connectivity index is 2.31. The molecule has 0 spiro atoms. The Morgan fingerprint density at radius 1 is 1.29 bits per heavy atom. The van der Waals surface area contributed by atoms with Gasteiger partial charge in [-0.05, 0) is 31.4 Å². The Hall–Kier alpha value is -1.76. The number of ether oxygens (including phenoxy) is 1. The molecule has 2 rings (SSSR count). The van der Waals surface area contributed by atoms with E-state index in [0.717, 1.165) is 6.07 Å². The van der Waals surface area contributed by atoms with E-state index in [2.05, 4.69) is 5.32 Å². The molecule has 1 heterocycles. The number of anilines is 1. The standard InChI is InChI=1S/C17H23F3N2O2/c1-4-12-11-24-16(5-2,6-3)22(12)15(23)21-14-10-8-7-9-13(14)17(18,19)20/h7-10,12H,4-6,11H2,1-3H3,(H,21,23). The van der Waals surface area contributed by atoms with Crippen LogP contribution in [0.5, 0.6) is 0 Å². The van der Waals surface area contributed by atoms with Crippen molar-refractivity contribution in [2.75, 3.05) is 11.9 Å². The molecule has 0 bridgehead atoms. The van der Waals surface area contributed by atoms with Crippen molar-refractivity contribution in [3.05, 3.63) is 29.8 Å². The van der Waals surface area contributed by atoms with Crippen LogP contribution in [0.2, 0.25) is 0 Å². The van der Waals surface area contributed by atoms with Gasteiger partial charge in [0.2, 0.25) is 0 Å². The van der Waals surface area contributed by atoms with Crippen molar-refractivity contribution >= 4 is 11.7 Å². The number of nitrogens with zero attached hydrogens (tertiary/aromatic N) is 1. The largest absolute Gasteiger partial charge is 0.418 e. The molecular weight excluding hydrogens is 321 g/mol. The summed E-state index contributed by atoms with van der Waals surface area (Å²) in [5.74, 6) is 0. The molecule has 1 saturated heterocycles. The minimum Gasteiger partial charge on any atom is -0.353 e. The summed E-state index contributed by atoms with van der Waals surface area (Å²) < 4.78 is 45.2. The molecule has 0 aliphatic carbocycles. The molecule has 24 heavy (non-hydrogen) atoms. The van der Waals surface area contributed by atoms with E-state index >= 15 is 0 Å². The highest BCUT2D eigenvalue weighted by Gasteiger charge is 2.47. The zero-order valence-corrected chi connectivity index (χ0v) is 14.1. The second-order valence-electron chi connectivity index (χ2n) is 5.87. The topological polar surface area (TPSA) is 41.6 Å². The van der Waals surface area contributed by atoms with E-state index in [1.54, 1.807) is 4.90 Å². The SMILES string of the molecule is CCC1COC(CC)(CC)N1C(=O)Nc1ccccc1C(F)(F)F. The first-order valence-electron chi connectivity index (χ1n) is 8.19. The minimum absolute atomic E-state index is 0.150. The van der Waals surface area contributed by atoms with Crippen LogP contribution < -0.4 is 5.32 Å². The van der Waals surface area contributed by atoms with E-state index in [1.165, 1.54) is 18.2 Å². The summed E-state index contributed by atoms with van der Waals surface area (Å²) in [7, 11) is 0. The van der Waals surface area contributed by atoms with Gasteiger partial charge in [-0.3, -0.25) is 4.90 Å². The maximum absolute atomic E-state index is 13.1. The van der Waals surface area contributed by atoms with Gasteiger partial charge in [0.05, 0.1) is 23.9 Å². The Morgan fingerprint density at radius 2 is 1.92 bits per heavy atom. The van der Waals surface area contributed by atoms with Crippen LogP contribution in [0.25, 0.3) is 0 Å². The molecule has 1 aromatic rings. The third-order valence-electron chi connectivity index (χ3n) is 4.62. The van der Waals surface area contributed by atoms with Crippen LogP contribution in [0.4, 0.5) is 23.7 Å². The van der Waals surface area contributed by atoms with Crippen molar-refractivity contribution in [2.45, 2.75) is 58.0 Å². The highest BCUT2D eigenvalue weighted by Crippen LogP contribution is 2.38. The van der Waals surface area contributed by atoms with Crippen molar-refractivity contribution < 1.29 is 22.7 Å². The molecule has 2 amide bonds. The summed E-state index contributed by atoms with van der Waals surface area (Å²) in [5, 5.41) is 2.43. The molecule has 1 unspecified atom stereocenters. The first kappa shape index (κ1) is 18.6. The lowest BCUT2D eigenvalue weighted by Crippen LogP contribution is -2.52. The minimum atomic E-state index is -4.53. The fourth-order valence-corrected chi connectivity index (χ4v) is 3.19. The van der Waals surface area contributed by atoms with Crippen molar-refractivity contribution in [1.29, 1.82) is 0 Å². The lowest BCUT2D eigenvalue weighted by atomic mass is 10.0. The van der Waals surface area contributed by atoms with Gasteiger partial charge in [-0.2, -0.15) is 13.2 Å². The monoisotopic (exact) mass is 344 g/mol. The number of hydrogen-bond donors (Lipinski definition) is 1. The number of alkyl halides is 3. The first-order valence-corrected chi connectivity index (χ1v) is 8.19. The number of rotatable bonds is 4. The number of halogens is 3. The van der Waals surface area contributed by atoms with Crippen molar-refractivity contribution in [2.24, 2.45) is 0 Å². The van der Waals surface area contributed by atoms with Gasteiger partial charge in [-0.15, -0.1) is 0 Å². The van der Waals surface area contributed by atoms with Gasteiger partial charge in [0.1, 0.15) is 5.72 Å². The number of hydrogen-bond acceptors (Lipinski definition) is 2. The van der Waals surface area contributed by atoms with Crippen LogP contribution in [-0.2, 0) is 10.9 Å². The highest BCUT2D eigenvalue weighted by atomic mass is 19.4. The Morgan fingerprint density at radius 3 is 2.46 bits per heavy atom. The van der Waals surface area contributed by atoms with Gasteiger partial charge in [0, 0.05) is 0 Å². The Labute approximate surface area is 140 Å². The second kappa shape index (κ2) is 7.01. The number of urea groups is 1. The molecule has 0 radical (unpaired) electrons. The number of amides is 2. The van der Waals surface area contributed by atoms with Crippen molar-refractivity contribution in [3.63, 3.8) is 0 Å². The maximum atomic E-state index is 13.1. The molecule has 1 aliphatic heterocycles. The first-order chi connectivity index (χ1) is 11.3. The summed E-state index contributed by atoms with van der Waals surface area (Å²) in [6.45, 7) is 6.14. The van der Waals surface area contributed by atoms with E-state index in [4.69, 9.17) is 4.74 Å². The van der Waals surface area contributed by atoms with Crippen LogP contribution >= 0.6 is 0 Å². The zero-order valence-electron chi connectivity index (χ0n) is 14.1. The smallest absolute Gasteiger partial charge is 0.353 e. The van der Waals surface area contributed by atoms with Crippen LogP contribution in [0.3, 0.4) is 0 Å². The fourth-order valence-electron chi connectivity index (χ4n) is 3.19. The summed E-state index contributed by atoms with van der Waals surface area (Å²) in [5.41, 5.74) is -1.86. The molecule has 0 saturated carbocycles. The molecule has 1 aliphatic rings. The molecular formula is C17H23F3N2O2. The quantitative estimate of drug-likeness (QED) is 0.847. The summed E-state index contributed by atoms with van der Waals surface area (Å²) in [4.78, 5) is 14.3. The van der Waals surface area contributed by atoms with Crippen LogP contribution in [0.15, 0.2) is 24.3 Å². The summed E-state index contributed by atoms with van der Waals surface area (Å²) in [6, 6.07) is 4.28. The fraction of sp³-hybridized carbons (Fsp3) is 0.588. The van der Waals surface area contributed by atoms with Crippen molar-refractivity contribution in [3.8, 4) is 0 Å². The number of nitrogens with one attached hydrogen (secondary N) is 1. The molecule has 0 aromatic heterocycles.